The quantitative estimate of drug-likeness (QED) is 0.689. The average Bonchev–Trinajstić information content (AvgIpc) is 2.67. The van der Waals surface area contributed by atoms with Gasteiger partial charge in [0.2, 0.25) is 0 Å². The molecule has 0 aliphatic rings. The molecule has 0 heterocycles. The predicted molar refractivity (Wildman–Crippen MR) is 104 cm³/mol. The van der Waals surface area contributed by atoms with Crippen LogP contribution in [0.2, 0.25) is 0 Å². The summed E-state index contributed by atoms with van der Waals surface area (Å²) in [6.45, 7) is 1.02. The third-order valence-electron chi connectivity index (χ3n) is 3.92. The molecule has 0 saturated heterocycles. The van der Waals surface area contributed by atoms with Gasteiger partial charge in [-0.05, 0) is 34.9 Å². The molecule has 0 saturated carbocycles. The second-order valence-electron chi connectivity index (χ2n) is 5.54. The molecule has 25 heavy (non-hydrogen) atoms. The van der Waals surface area contributed by atoms with Gasteiger partial charge in [0.1, 0.15) is 18.1 Å². The smallest absolute Gasteiger partial charge is 0.127 e. The number of nitrogens with two attached hydrogens (primary N) is 1. The van der Waals surface area contributed by atoms with Gasteiger partial charge in [-0.25, -0.2) is 0 Å². The van der Waals surface area contributed by atoms with E-state index < -0.39 is 0 Å². The predicted octanol–water partition coefficient (Wildman–Crippen LogP) is 4.82. The first-order chi connectivity index (χ1) is 11.8. The summed E-state index contributed by atoms with van der Waals surface area (Å²) < 4.78 is 11.3. The van der Waals surface area contributed by atoms with Crippen LogP contribution in [-0.4, -0.2) is 7.11 Å². The Bertz CT molecular complexity index is 789. The minimum Gasteiger partial charge on any atom is -0.497 e. The second kappa shape index (κ2) is 9.11. The summed E-state index contributed by atoms with van der Waals surface area (Å²) in [7, 11) is 1.67. The minimum absolute atomic E-state index is 0. The van der Waals surface area contributed by atoms with Gasteiger partial charge in [0, 0.05) is 12.1 Å². The lowest BCUT2D eigenvalue weighted by Crippen LogP contribution is -2.00. The van der Waals surface area contributed by atoms with Crippen LogP contribution < -0.4 is 15.2 Å². The number of hydrogen-bond donors (Lipinski definition) is 1. The lowest BCUT2D eigenvalue weighted by atomic mass is 10.0. The molecule has 0 atom stereocenters. The molecule has 0 aliphatic heterocycles. The van der Waals surface area contributed by atoms with Crippen molar-refractivity contribution in [1.29, 1.82) is 0 Å². The van der Waals surface area contributed by atoms with Crippen LogP contribution in [0.1, 0.15) is 11.1 Å². The Hall–Kier alpha value is -2.49. The molecule has 0 radical (unpaired) electrons. The molecule has 4 heteroatoms. The zero-order valence-electron chi connectivity index (χ0n) is 14.1. The van der Waals surface area contributed by atoms with Crippen molar-refractivity contribution in [3.05, 3.63) is 83.9 Å². The van der Waals surface area contributed by atoms with Crippen LogP contribution in [0.4, 0.5) is 0 Å². The minimum atomic E-state index is 0. The van der Waals surface area contributed by atoms with E-state index in [-0.39, 0.29) is 12.4 Å². The van der Waals surface area contributed by atoms with Crippen LogP contribution in [0, 0.1) is 0 Å². The molecular weight excluding hydrogens is 334 g/mol. The lowest BCUT2D eigenvalue weighted by Gasteiger charge is -2.14. The van der Waals surface area contributed by atoms with Crippen LogP contribution in [0.25, 0.3) is 11.1 Å². The highest BCUT2D eigenvalue weighted by molar-refractivity contribution is 5.85. The molecule has 0 unspecified atom stereocenters. The normalized spacial score (nSPS) is 10.0. The Kier molecular flexibility index (Phi) is 6.87. The van der Waals surface area contributed by atoms with E-state index in [1.54, 1.807) is 7.11 Å². The molecule has 0 amide bonds. The van der Waals surface area contributed by atoms with E-state index in [9.17, 15) is 0 Å². The third-order valence-corrected chi connectivity index (χ3v) is 3.92. The molecule has 0 aliphatic carbocycles. The summed E-state index contributed by atoms with van der Waals surface area (Å²) >= 11 is 0. The van der Waals surface area contributed by atoms with E-state index in [1.165, 1.54) is 0 Å². The number of ether oxygens (including phenoxy) is 2. The molecule has 0 spiro atoms. The fourth-order valence-electron chi connectivity index (χ4n) is 2.56. The first-order valence-corrected chi connectivity index (χ1v) is 7.94. The summed E-state index contributed by atoms with van der Waals surface area (Å²) in [5.41, 5.74) is 10.1. The molecule has 0 aromatic heterocycles. The summed E-state index contributed by atoms with van der Waals surface area (Å²) in [6, 6.07) is 24.2. The zero-order valence-corrected chi connectivity index (χ0v) is 15.0. The number of methoxy groups -OCH3 is 1. The Morgan fingerprint density at radius 3 is 2.20 bits per heavy atom. The Labute approximate surface area is 154 Å². The maximum atomic E-state index is 6.09. The number of benzene rings is 3. The van der Waals surface area contributed by atoms with Gasteiger partial charge in [-0.2, -0.15) is 0 Å². The van der Waals surface area contributed by atoms with E-state index in [0.29, 0.717) is 13.2 Å². The van der Waals surface area contributed by atoms with Crippen molar-refractivity contribution >= 4 is 12.4 Å². The van der Waals surface area contributed by atoms with E-state index >= 15 is 0 Å². The second-order valence-corrected chi connectivity index (χ2v) is 5.54. The number of hydrogen-bond acceptors (Lipinski definition) is 3. The molecule has 3 rings (SSSR count). The number of rotatable bonds is 6. The summed E-state index contributed by atoms with van der Waals surface area (Å²) in [6.07, 6.45) is 0. The Morgan fingerprint density at radius 1 is 0.840 bits per heavy atom. The van der Waals surface area contributed by atoms with Crippen LogP contribution in [0.3, 0.4) is 0 Å². The molecule has 0 fully saturated rings. The van der Waals surface area contributed by atoms with Gasteiger partial charge in [-0.3, -0.25) is 0 Å². The highest BCUT2D eigenvalue weighted by Gasteiger charge is 2.08. The Balaban J connectivity index is 0.00000225. The van der Waals surface area contributed by atoms with Gasteiger partial charge in [0.25, 0.3) is 0 Å². The monoisotopic (exact) mass is 355 g/mol. The summed E-state index contributed by atoms with van der Waals surface area (Å²) in [5.74, 6) is 1.68. The Morgan fingerprint density at radius 2 is 1.56 bits per heavy atom. The first kappa shape index (κ1) is 18.8. The molecular formula is C21H22ClNO2. The highest BCUT2D eigenvalue weighted by Crippen LogP contribution is 2.32. The van der Waals surface area contributed by atoms with Gasteiger partial charge >= 0.3 is 0 Å². The summed E-state index contributed by atoms with van der Waals surface area (Å²) in [5, 5.41) is 0. The molecule has 2 N–H and O–H groups in total. The van der Waals surface area contributed by atoms with Crippen LogP contribution >= 0.6 is 12.4 Å². The maximum absolute atomic E-state index is 6.09. The van der Waals surface area contributed by atoms with Crippen molar-refractivity contribution in [1.82, 2.24) is 0 Å². The van der Waals surface area contributed by atoms with E-state index in [0.717, 1.165) is 33.8 Å². The summed E-state index contributed by atoms with van der Waals surface area (Å²) in [4.78, 5) is 0. The van der Waals surface area contributed by atoms with Crippen molar-refractivity contribution < 1.29 is 9.47 Å². The lowest BCUT2D eigenvalue weighted by molar-refractivity contribution is 0.307. The van der Waals surface area contributed by atoms with E-state index in [2.05, 4.69) is 18.2 Å². The number of halogens is 1. The molecule has 3 aromatic carbocycles. The fraction of sp³-hybridized carbons (Fsp3) is 0.143. The SMILES string of the molecule is COc1ccc(-c2ccc(CN)cc2OCc2ccccc2)cc1.Cl. The highest BCUT2D eigenvalue weighted by atomic mass is 35.5. The van der Waals surface area contributed by atoms with Crippen molar-refractivity contribution in [2.75, 3.05) is 7.11 Å². The van der Waals surface area contributed by atoms with Crippen LogP contribution in [-0.2, 0) is 13.2 Å². The molecule has 0 bridgehead atoms. The van der Waals surface area contributed by atoms with Gasteiger partial charge in [-0.15, -0.1) is 12.4 Å². The van der Waals surface area contributed by atoms with Crippen LogP contribution in [0.5, 0.6) is 11.5 Å². The van der Waals surface area contributed by atoms with Gasteiger partial charge < -0.3 is 15.2 Å². The largest absolute Gasteiger partial charge is 0.497 e. The van der Waals surface area contributed by atoms with Crippen molar-refractivity contribution in [2.45, 2.75) is 13.2 Å². The standard InChI is InChI=1S/C21H21NO2.ClH/c1-23-19-10-8-18(9-11-19)20-12-7-17(14-22)13-21(20)24-15-16-5-3-2-4-6-16;/h2-13H,14-15,22H2,1H3;1H. The van der Waals surface area contributed by atoms with Gasteiger partial charge in [-0.1, -0.05) is 54.6 Å². The van der Waals surface area contributed by atoms with Gasteiger partial charge in [0.05, 0.1) is 7.11 Å². The average molecular weight is 356 g/mol. The fourth-order valence-corrected chi connectivity index (χ4v) is 2.56. The van der Waals surface area contributed by atoms with Crippen LogP contribution in [0.15, 0.2) is 72.8 Å². The van der Waals surface area contributed by atoms with Crippen molar-refractivity contribution in [3.8, 4) is 22.6 Å². The van der Waals surface area contributed by atoms with E-state index in [1.807, 2.05) is 54.6 Å². The zero-order chi connectivity index (χ0) is 16.8. The van der Waals surface area contributed by atoms with Gasteiger partial charge in [0.15, 0.2) is 0 Å². The van der Waals surface area contributed by atoms with Crippen molar-refractivity contribution in [2.24, 2.45) is 5.73 Å². The van der Waals surface area contributed by atoms with Crippen molar-refractivity contribution in [3.63, 3.8) is 0 Å². The maximum Gasteiger partial charge on any atom is 0.127 e. The van der Waals surface area contributed by atoms with E-state index in [4.69, 9.17) is 15.2 Å². The first-order valence-electron chi connectivity index (χ1n) is 7.94. The topological polar surface area (TPSA) is 44.5 Å². The molecule has 3 nitrogen and oxygen atoms in total. The molecule has 130 valence electrons. The molecule has 3 aromatic rings. The third kappa shape index (κ3) is 4.75.